The van der Waals surface area contributed by atoms with E-state index >= 15 is 0 Å². The fraction of sp³-hybridized carbons (Fsp3) is 0. The van der Waals surface area contributed by atoms with Gasteiger partial charge in [-0.15, -0.1) is 0 Å². The van der Waals surface area contributed by atoms with Crippen molar-refractivity contribution in [1.82, 2.24) is 0 Å². The van der Waals surface area contributed by atoms with E-state index in [1.807, 2.05) is 0 Å². The molecule has 1 radical (unpaired) electrons. The second-order valence-electron chi connectivity index (χ2n) is 1.65. The van der Waals surface area contributed by atoms with E-state index in [0.717, 1.165) is 12.1 Å². The van der Waals surface area contributed by atoms with Gasteiger partial charge >= 0.3 is 0 Å². The number of nitrogens with zero attached hydrogens (tertiary/aromatic N) is 1. The molecule has 3 heteroatoms. The maximum absolute atomic E-state index is 12.3. The summed E-state index contributed by atoms with van der Waals surface area (Å²) in [6, 6.07) is 5.34. The Kier molecular flexibility index (Phi) is 1.63. The third-order valence-corrected chi connectivity index (χ3v) is 0.982. The minimum absolute atomic E-state index is 0.193. The van der Waals surface area contributed by atoms with E-state index in [0.29, 0.717) is 0 Å². The Morgan fingerprint density at radius 2 is 2.10 bits per heavy atom. The third kappa shape index (κ3) is 1.11. The van der Waals surface area contributed by atoms with E-state index in [1.54, 1.807) is 12.1 Å². The molecule has 0 aliphatic carbocycles. The molecule has 0 spiro atoms. The molecule has 1 rings (SSSR count). The van der Waals surface area contributed by atoms with Gasteiger partial charge in [-0.1, -0.05) is 0 Å². The minimum atomic E-state index is -0.942. The molecule has 49 valence electrons. The van der Waals surface area contributed by atoms with Crippen LogP contribution in [-0.2, 0) is 0 Å². The summed E-state index contributed by atoms with van der Waals surface area (Å²) in [6.45, 7) is 0. The van der Waals surface area contributed by atoms with Crippen LogP contribution in [-0.4, -0.2) is 0 Å². The molecular formula is C7H2F2N. The first-order valence-corrected chi connectivity index (χ1v) is 2.51. The summed E-state index contributed by atoms with van der Waals surface area (Å²) in [6.07, 6.45) is 0. The fourth-order valence-corrected chi connectivity index (χ4v) is 0.530. The number of halogens is 2. The first kappa shape index (κ1) is 6.69. The van der Waals surface area contributed by atoms with E-state index < -0.39 is 11.6 Å². The van der Waals surface area contributed by atoms with Gasteiger partial charge in [0.05, 0.1) is 11.6 Å². The van der Waals surface area contributed by atoms with Crippen LogP contribution >= 0.6 is 0 Å². The van der Waals surface area contributed by atoms with Crippen LogP contribution in [0.5, 0.6) is 0 Å². The highest BCUT2D eigenvalue weighted by Gasteiger charge is 2.01. The summed E-state index contributed by atoms with van der Waals surface area (Å²) in [5.74, 6) is -1.74. The van der Waals surface area contributed by atoms with Crippen molar-refractivity contribution in [1.29, 1.82) is 5.26 Å². The third-order valence-electron chi connectivity index (χ3n) is 0.982. The zero-order valence-electron chi connectivity index (χ0n) is 4.86. The van der Waals surface area contributed by atoms with Crippen LogP contribution in [0, 0.1) is 29.0 Å². The molecular weight excluding hydrogens is 136 g/mol. The van der Waals surface area contributed by atoms with E-state index in [-0.39, 0.29) is 5.56 Å². The summed E-state index contributed by atoms with van der Waals surface area (Å²) < 4.78 is 24.4. The maximum atomic E-state index is 12.3. The van der Waals surface area contributed by atoms with Crippen molar-refractivity contribution in [2.24, 2.45) is 0 Å². The van der Waals surface area contributed by atoms with Crippen LogP contribution in [0.4, 0.5) is 8.78 Å². The van der Waals surface area contributed by atoms with Gasteiger partial charge in [0.2, 0.25) is 0 Å². The van der Waals surface area contributed by atoms with E-state index in [2.05, 4.69) is 0 Å². The Balaban J connectivity index is 3.23. The summed E-state index contributed by atoms with van der Waals surface area (Å²) in [5.41, 5.74) is -0.193. The molecule has 0 saturated carbocycles. The molecule has 0 unspecified atom stereocenters. The molecule has 1 nitrogen and oxygen atoms in total. The first-order valence-electron chi connectivity index (χ1n) is 2.51. The Hall–Kier alpha value is -1.43. The predicted octanol–water partition coefficient (Wildman–Crippen LogP) is 1.64. The molecule has 1 aromatic carbocycles. The lowest BCUT2D eigenvalue weighted by molar-refractivity contribution is 0.577. The maximum Gasteiger partial charge on any atom is 0.151 e. The molecule has 0 fully saturated rings. The molecule has 1 aromatic rings. The van der Waals surface area contributed by atoms with Crippen LogP contribution in [0.15, 0.2) is 12.1 Å². The van der Waals surface area contributed by atoms with Gasteiger partial charge in [0, 0.05) is 0 Å². The van der Waals surface area contributed by atoms with E-state index in [1.165, 1.54) is 0 Å². The molecule has 0 aliphatic rings. The van der Waals surface area contributed by atoms with Crippen LogP contribution < -0.4 is 0 Å². The fourth-order valence-electron chi connectivity index (χ4n) is 0.530. The minimum Gasteiger partial charge on any atom is -0.206 e. The average molecular weight is 138 g/mol. The molecule has 0 amide bonds. The average Bonchev–Trinajstić information content (AvgIpc) is 1.88. The van der Waals surface area contributed by atoms with Gasteiger partial charge in [-0.2, -0.15) is 5.26 Å². The van der Waals surface area contributed by atoms with Crippen LogP contribution in [0.25, 0.3) is 0 Å². The summed E-state index contributed by atoms with van der Waals surface area (Å²) in [5, 5.41) is 8.18. The van der Waals surface area contributed by atoms with Crippen molar-refractivity contribution in [2.45, 2.75) is 0 Å². The largest absolute Gasteiger partial charge is 0.206 e. The van der Waals surface area contributed by atoms with Crippen LogP contribution in [0.2, 0.25) is 0 Å². The number of nitriles is 1. The van der Waals surface area contributed by atoms with Gasteiger partial charge in [-0.3, -0.25) is 0 Å². The monoisotopic (exact) mass is 138 g/mol. The summed E-state index contributed by atoms with van der Waals surface area (Å²) in [7, 11) is 0. The summed E-state index contributed by atoms with van der Waals surface area (Å²) >= 11 is 0. The van der Waals surface area contributed by atoms with E-state index in [9.17, 15) is 8.78 Å². The molecule has 10 heavy (non-hydrogen) atoms. The Bertz CT molecular complexity index is 288. The lowest BCUT2D eigenvalue weighted by Gasteiger charge is -1.89. The van der Waals surface area contributed by atoms with Crippen molar-refractivity contribution in [2.75, 3.05) is 0 Å². The zero-order valence-corrected chi connectivity index (χ0v) is 4.86. The van der Waals surface area contributed by atoms with Crippen LogP contribution in [0.1, 0.15) is 5.56 Å². The summed E-state index contributed by atoms with van der Waals surface area (Å²) in [4.78, 5) is 0. The SMILES string of the molecule is N#Cc1ccc(F)[c]c1F. The standard InChI is InChI=1S/C7H2F2N/c8-6-2-1-5(4-10)7(9)3-6/h1-2H. The highest BCUT2D eigenvalue weighted by molar-refractivity contribution is 5.29. The normalized spacial score (nSPS) is 8.90. The van der Waals surface area contributed by atoms with Gasteiger partial charge in [-0.05, 0) is 12.1 Å². The quantitative estimate of drug-likeness (QED) is 0.534. The van der Waals surface area contributed by atoms with Gasteiger partial charge < -0.3 is 0 Å². The van der Waals surface area contributed by atoms with E-state index in [4.69, 9.17) is 5.26 Å². The number of benzene rings is 1. The van der Waals surface area contributed by atoms with Crippen molar-refractivity contribution in [3.8, 4) is 6.07 Å². The number of hydrogen-bond donors (Lipinski definition) is 0. The van der Waals surface area contributed by atoms with Gasteiger partial charge in [-0.25, -0.2) is 8.78 Å². The lowest BCUT2D eigenvalue weighted by atomic mass is 10.2. The molecule has 0 aromatic heterocycles. The van der Waals surface area contributed by atoms with Gasteiger partial charge in [0.25, 0.3) is 0 Å². The topological polar surface area (TPSA) is 23.8 Å². The Labute approximate surface area is 56.5 Å². The molecule has 0 heterocycles. The van der Waals surface area contributed by atoms with Crippen molar-refractivity contribution >= 4 is 0 Å². The second-order valence-corrected chi connectivity index (χ2v) is 1.65. The highest BCUT2D eigenvalue weighted by atomic mass is 19.1. The van der Waals surface area contributed by atoms with Crippen molar-refractivity contribution < 1.29 is 8.78 Å². The zero-order chi connectivity index (χ0) is 7.56. The Morgan fingerprint density at radius 3 is 2.60 bits per heavy atom. The van der Waals surface area contributed by atoms with Crippen LogP contribution in [0.3, 0.4) is 0 Å². The highest BCUT2D eigenvalue weighted by Crippen LogP contribution is 2.06. The smallest absolute Gasteiger partial charge is 0.151 e. The van der Waals surface area contributed by atoms with Gasteiger partial charge in [0.15, 0.2) is 5.82 Å². The lowest BCUT2D eigenvalue weighted by Crippen LogP contribution is -1.84. The molecule has 0 aliphatic heterocycles. The molecule has 0 bridgehead atoms. The number of rotatable bonds is 0. The predicted molar refractivity (Wildman–Crippen MR) is 29.9 cm³/mol. The van der Waals surface area contributed by atoms with Crippen molar-refractivity contribution in [3.05, 3.63) is 35.4 Å². The first-order chi connectivity index (χ1) is 4.74. The molecule has 0 N–H and O–H groups in total. The number of hydrogen-bond acceptors (Lipinski definition) is 1. The molecule has 0 atom stereocenters. The molecule has 0 saturated heterocycles. The van der Waals surface area contributed by atoms with Gasteiger partial charge in [0.1, 0.15) is 11.9 Å². The van der Waals surface area contributed by atoms with Crippen molar-refractivity contribution in [3.63, 3.8) is 0 Å². The Morgan fingerprint density at radius 1 is 1.40 bits per heavy atom. The second kappa shape index (κ2) is 2.44.